The van der Waals surface area contributed by atoms with E-state index in [4.69, 9.17) is 4.42 Å². The monoisotopic (exact) mass is 663 g/mol. The lowest BCUT2D eigenvalue weighted by Gasteiger charge is -2.13. The zero-order valence-corrected chi connectivity index (χ0v) is 27.2. The Labute approximate surface area is 286 Å². The Kier molecular flexibility index (Phi) is 5.93. The molecule has 3 aromatic heterocycles. The fourth-order valence-electron chi connectivity index (χ4n) is 7.50. The highest BCUT2D eigenvalue weighted by molar-refractivity contribution is 7.91. The van der Waals surface area contributed by atoms with Crippen LogP contribution in [-0.2, 0) is 9.84 Å². The van der Waals surface area contributed by atoms with Gasteiger partial charge >= 0.3 is 0 Å². The highest BCUT2D eigenvalue weighted by Crippen LogP contribution is 2.44. The number of fused-ring (bicyclic) bond motifs is 10. The second kappa shape index (κ2) is 10.4. The molecule has 0 unspecified atom stereocenters. The summed E-state index contributed by atoms with van der Waals surface area (Å²) in [6.45, 7) is 0. The molecule has 0 saturated carbocycles. The number of para-hydroxylation sites is 3. The van der Waals surface area contributed by atoms with E-state index in [1.54, 1.807) is 12.1 Å². The zero-order valence-electron chi connectivity index (χ0n) is 26.4. The van der Waals surface area contributed by atoms with E-state index in [2.05, 4.69) is 88.0 Å². The summed E-state index contributed by atoms with van der Waals surface area (Å²) in [5.41, 5.74) is 8.00. The van der Waals surface area contributed by atoms with Crippen LogP contribution in [0.5, 0.6) is 0 Å². The number of sulfone groups is 1. The summed E-state index contributed by atoms with van der Waals surface area (Å²) >= 11 is 0. The number of furan rings is 1. The van der Waals surface area contributed by atoms with Crippen molar-refractivity contribution in [1.82, 2.24) is 9.13 Å². The van der Waals surface area contributed by atoms with Gasteiger partial charge in [0.25, 0.3) is 0 Å². The van der Waals surface area contributed by atoms with Gasteiger partial charge < -0.3 is 13.6 Å². The zero-order chi connectivity index (χ0) is 33.6. The number of rotatable bonds is 4. The minimum Gasteiger partial charge on any atom is -0.456 e. The number of benzene rings is 7. The first-order valence-electron chi connectivity index (χ1n) is 16.2. The number of aromatic nitrogens is 2. The maximum atomic E-state index is 13.7. The molecule has 0 fully saturated rings. The molecule has 3 heterocycles. The molecular formula is C43H25N3O3S. The molecule has 0 spiro atoms. The molecule has 10 aromatic rings. The van der Waals surface area contributed by atoms with E-state index in [1.807, 2.05) is 42.5 Å². The van der Waals surface area contributed by atoms with Crippen molar-refractivity contribution in [1.29, 1.82) is 5.26 Å². The SMILES string of the molecule is N#Cc1ccc(S(=O)(=O)c2ccc(-n3c4cc5oc6ccccc6c5cc4c4ccc5c6ccccc6n(-c6ccccc6)c5c43)cc2)cc1. The first kappa shape index (κ1) is 28.4. The average Bonchev–Trinajstić information content (AvgIpc) is 3.81. The van der Waals surface area contributed by atoms with E-state index in [9.17, 15) is 13.7 Å². The molecular weight excluding hydrogens is 639 g/mol. The fraction of sp³-hybridized carbons (Fsp3) is 0. The highest BCUT2D eigenvalue weighted by atomic mass is 32.2. The summed E-state index contributed by atoms with van der Waals surface area (Å²) < 4.78 is 38.3. The Bertz CT molecular complexity index is 3150. The molecule has 0 bridgehead atoms. The molecule has 0 aliphatic heterocycles. The Morgan fingerprint density at radius 1 is 0.480 bits per heavy atom. The molecule has 0 saturated heterocycles. The molecule has 7 heteroatoms. The molecule has 0 amide bonds. The number of nitrogens with zero attached hydrogens (tertiary/aromatic N) is 3. The van der Waals surface area contributed by atoms with E-state index in [0.717, 1.165) is 76.9 Å². The number of hydrogen-bond donors (Lipinski definition) is 0. The van der Waals surface area contributed by atoms with Crippen LogP contribution in [-0.4, -0.2) is 17.6 Å². The number of hydrogen-bond acceptors (Lipinski definition) is 4. The molecule has 7 aromatic carbocycles. The maximum absolute atomic E-state index is 13.7. The Morgan fingerprint density at radius 2 is 1.06 bits per heavy atom. The van der Waals surface area contributed by atoms with Crippen LogP contribution in [0, 0.1) is 11.3 Å². The van der Waals surface area contributed by atoms with Crippen LogP contribution >= 0.6 is 0 Å². The van der Waals surface area contributed by atoms with Crippen molar-refractivity contribution in [3.05, 3.63) is 157 Å². The lowest BCUT2D eigenvalue weighted by Crippen LogP contribution is -2.03. The lowest BCUT2D eigenvalue weighted by atomic mass is 10.1. The van der Waals surface area contributed by atoms with Gasteiger partial charge in [0.05, 0.1) is 43.5 Å². The predicted molar refractivity (Wildman–Crippen MR) is 199 cm³/mol. The van der Waals surface area contributed by atoms with Crippen LogP contribution in [0.3, 0.4) is 0 Å². The van der Waals surface area contributed by atoms with Crippen molar-refractivity contribution in [2.45, 2.75) is 9.79 Å². The quantitative estimate of drug-likeness (QED) is 0.188. The minimum absolute atomic E-state index is 0.141. The summed E-state index contributed by atoms with van der Waals surface area (Å²) in [7, 11) is -3.81. The third-order valence-corrected chi connectivity index (χ3v) is 11.6. The van der Waals surface area contributed by atoms with Crippen LogP contribution in [0.25, 0.3) is 76.9 Å². The van der Waals surface area contributed by atoms with Gasteiger partial charge in [-0.3, -0.25) is 0 Å². The smallest absolute Gasteiger partial charge is 0.206 e. The van der Waals surface area contributed by atoms with Gasteiger partial charge in [0.15, 0.2) is 0 Å². The number of nitriles is 1. The summed E-state index contributed by atoms with van der Waals surface area (Å²) in [5, 5.41) is 15.7. The van der Waals surface area contributed by atoms with Gasteiger partial charge in [-0.2, -0.15) is 5.26 Å². The van der Waals surface area contributed by atoms with Crippen LogP contribution in [0.4, 0.5) is 0 Å². The van der Waals surface area contributed by atoms with Crippen molar-refractivity contribution in [2.75, 3.05) is 0 Å². The van der Waals surface area contributed by atoms with E-state index in [0.29, 0.717) is 5.56 Å². The summed E-state index contributed by atoms with van der Waals surface area (Å²) in [6, 6.07) is 50.8. The third kappa shape index (κ3) is 3.97. The van der Waals surface area contributed by atoms with Crippen LogP contribution < -0.4 is 0 Å². The van der Waals surface area contributed by atoms with Crippen LogP contribution in [0.15, 0.2) is 166 Å². The van der Waals surface area contributed by atoms with Gasteiger partial charge in [-0.05, 0) is 78.9 Å². The topological polar surface area (TPSA) is 80.9 Å². The standard InChI is InChI=1S/C43H25N3O3S/c44-26-27-14-18-30(19-15-27)50(47,48)31-20-16-29(17-21-31)46-39-25-41-37(33-11-5-7-13-40(33)49-41)24-36(39)35-23-22-34-32-10-4-6-12-38(32)45(42(34)43(35)46)28-8-2-1-3-9-28/h1-25H. The first-order chi connectivity index (χ1) is 24.5. The Hall–Kier alpha value is -6.62. The van der Waals surface area contributed by atoms with Gasteiger partial charge in [-0.1, -0.05) is 66.7 Å². The largest absolute Gasteiger partial charge is 0.456 e. The fourth-order valence-corrected chi connectivity index (χ4v) is 8.76. The lowest BCUT2D eigenvalue weighted by molar-refractivity contribution is 0.596. The Balaban J connectivity index is 1.31. The predicted octanol–water partition coefficient (Wildman–Crippen LogP) is 10.5. The molecule has 50 heavy (non-hydrogen) atoms. The Morgan fingerprint density at radius 3 is 1.78 bits per heavy atom. The summed E-state index contributed by atoms with van der Waals surface area (Å²) in [6.07, 6.45) is 0. The van der Waals surface area contributed by atoms with E-state index < -0.39 is 9.84 Å². The second-order valence-electron chi connectivity index (χ2n) is 12.5. The normalized spacial score (nSPS) is 12.1. The second-order valence-corrected chi connectivity index (χ2v) is 14.4. The molecule has 0 N–H and O–H groups in total. The van der Waals surface area contributed by atoms with Gasteiger partial charge in [-0.25, -0.2) is 8.42 Å². The van der Waals surface area contributed by atoms with Crippen LogP contribution in [0.2, 0.25) is 0 Å². The highest BCUT2D eigenvalue weighted by Gasteiger charge is 2.24. The summed E-state index contributed by atoms with van der Waals surface area (Å²) in [5.74, 6) is 0. The molecule has 0 atom stereocenters. The first-order valence-corrected chi connectivity index (χ1v) is 17.7. The van der Waals surface area contributed by atoms with Crippen LogP contribution in [0.1, 0.15) is 5.56 Å². The van der Waals surface area contributed by atoms with Gasteiger partial charge in [0.1, 0.15) is 11.2 Å². The van der Waals surface area contributed by atoms with Gasteiger partial charge in [0, 0.05) is 49.8 Å². The minimum atomic E-state index is -3.81. The van der Waals surface area contributed by atoms with Crippen molar-refractivity contribution in [2.24, 2.45) is 0 Å². The van der Waals surface area contributed by atoms with Crippen molar-refractivity contribution >= 4 is 75.4 Å². The molecule has 0 aliphatic rings. The van der Waals surface area contributed by atoms with Gasteiger partial charge in [0.2, 0.25) is 9.84 Å². The van der Waals surface area contributed by atoms with Crippen molar-refractivity contribution in [3.8, 4) is 17.4 Å². The van der Waals surface area contributed by atoms with E-state index in [-0.39, 0.29) is 9.79 Å². The van der Waals surface area contributed by atoms with Crippen molar-refractivity contribution in [3.63, 3.8) is 0 Å². The molecule has 0 radical (unpaired) electrons. The molecule has 10 rings (SSSR count). The average molecular weight is 664 g/mol. The molecule has 6 nitrogen and oxygen atoms in total. The third-order valence-electron chi connectivity index (χ3n) is 9.77. The van der Waals surface area contributed by atoms with E-state index in [1.165, 1.54) is 24.3 Å². The van der Waals surface area contributed by atoms with Gasteiger partial charge in [-0.15, -0.1) is 0 Å². The molecule has 0 aliphatic carbocycles. The van der Waals surface area contributed by atoms with E-state index >= 15 is 0 Å². The van der Waals surface area contributed by atoms with Crippen molar-refractivity contribution < 1.29 is 12.8 Å². The summed E-state index contributed by atoms with van der Waals surface area (Å²) in [4.78, 5) is 0.317. The maximum Gasteiger partial charge on any atom is 0.206 e. The molecule has 236 valence electrons.